The van der Waals surface area contributed by atoms with Gasteiger partial charge in [-0.05, 0) is 77.3 Å². The minimum atomic E-state index is -0.537. The number of nitrogens with zero attached hydrogens (tertiary/aromatic N) is 1. The van der Waals surface area contributed by atoms with Crippen LogP contribution in [0.5, 0.6) is 0 Å². The zero-order valence-electron chi connectivity index (χ0n) is 17.2. The van der Waals surface area contributed by atoms with Crippen molar-refractivity contribution in [2.75, 3.05) is 31.5 Å². The quantitative estimate of drug-likeness (QED) is 0.802. The van der Waals surface area contributed by atoms with Crippen molar-refractivity contribution in [3.05, 3.63) is 24.0 Å². The van der Waals surface area contributed by atoms with Crippen LogP contribution in [0.4, 0.5) is 10.1 Å². The standard InChI is InChI=1S/C18H28BFN2O2.C2H6.H2/c1-17(2)18(3,4)24-19(23-17)14-11-15(20)13-16(12-14)21-7-10-22-8-5-6-9-22;1-2;/h11-13,21H,5-10H2,1-4H3;1-2H3;1H. The lowest BCUT2D eigenvalue weighted by Crippen LogP contribution is -2.41. The summed E-state index contributed by atoms with van der Waals surface area (Å²) in [5, 5.41) is 3.32. The monoisotopic (exact) mass is 366 g/mol. The van der Waals surface area contributed by atoms with Crippen molar-refractivity contribution in [1.82, 2.24) is 4.90 Å². The van der Waals surface area contributed by atoms with Crippen molar-refractivity contribution >= 4 is 18.3 Å². The minimum Gasteiger partial charge on any atom is -0.399 e. The molecule has 0 amide bonds. The van der Waals surface area contributed by atoms with Gasteiger partial charge in [0.2, 0.25) is 0 Å². The zero-order valence-corrected chi connectivity index (χ0v) is 17.2. The molecule has 0 aliphatic carbocycles. The first-order chi connectivity index (χ1) is 12.3. The molecule has 26 heavy (non-hydrogen) atoms. The molecule has 4 nitrogen and oxygen atoms in total. The van der Waals surface area contributed by atoms with E-state index in [1.165, 1.54) is 38.1 Å². The van der Waals surface area contributed by atoms with E-state index in [2.05, 4.69) is 10.2 Å². The Labute approximate surface area is 160 Å². The van der Waals surface area contributed by atoms with Crippen LogP contribution in [0.2, 0.25) is 0 Å². The number of nitrogens with one attached hydrogen (secondary N) is 1. The summed E-state index contributed by atoms with van der Waals surface area (Å²) in [6, 6.07) is 4.95. The summed E-state index contributed by atoms with van der Waals surface area (Å²) in [5.41, 5.74) is 0.650. The van der Waals surface area contributed by atoms with Crippen LogP contribution in [0.25, 0.3) is 0 Å². The largest absolute Gasteiger partial charge is 0.495 e. The highest BCUT2D eigenvalue weighted by Crippen LogP contribution is 2.36. The van der Waals surface area contributed by atoms with E-state index in [0.717, 1.165) is 24.2 Å². The maximum atomic E-state index is 14.0. The lowest BCUT2D eigenvalue weighted by molar-refractivity contribution is 0.00578. The van der Waals surface area contributed by atoms with Gasteiger partial charge in [0.25, 0.3) is 0 Å². The van der Waals surface area contributed by atoms with Crippen LogP contribution in [0.3, 0.4) is 0 Å². The van der Waals surface area contributed by atoms with Gasteiger partial charge in [-0.1, -0.05) is 13.8 Å². The van der Waals surface area contributed by atoms with Gasteiger partial charge in [-0.2, -0.15) is 0 Å². The Balaban J connectivity index is 0.00000118. The van der Waals surface area contributed by atoms with Crippen molar-refractivity contribution in [3.8, 4) is 0 Å². The number of likely N-dealkylation sites (tertiary alicyclic amines) is 1. The van der Waals surface area contributed by atoms with E-state index in [-0.39, 0.29) is 7.24 Å². The topological polar surface area (TPSA) is 33.7 Å². The molecule has 1 aromatic carbocycles. The summed E-state index contributed by atoms with van der Waals surface area (Å²) in [6.45, 7) is 16.1. The number of hydrogen-bond acceptors (Lipinski definition) is 4. The van der Waals surface area contributed by atoms with Crippen LogP contribution in [0.1, 0.15) is 55.8 Å². The van der Waals surface area contributed by atoms with Crippen molar-refractivity contribution < 1.29 is 15.1 Å². The number of hydrogen-bond donors (Lipinski definition) is 1. The number of benzene rings is 1. The zero-order chi connectivity index (χ0) is 19.4. The Bertz CT molecular complexity index is 579. The Morgan fingerprint density at radius 2 is 1.65 bits per heavy atom. The fourth-order valence-electron chi connectivity index (χ4n) is 3.19. The lowest BCUT2D eigenvalue weighted by atomic mass is 9.79. The molecule has 0 bridgehead atoms. The highest BCUT2D eigenvalue weighted by Gasteiger charge is 2.51. The van der Waals surface area contributed by atoms with Gasteiger partial charge in [0.05, 0.1) is 11.2 Å². The number of halogens is 1. The molecule has 0 unspecified atom stereocenters. The molecule has 2 fully saturated rings. The maximum absolute atomic E-state index is 14.0. The molecule has 2 aliphatic heterocycles. The second kappa shape index (κ2) is 8.72. The molecule has 0 saturated carbocycles. The molecule has 2 heterocycles. The van der Waals surface area contributed by atoms with Crippen LogP contribution in [0.15, 0.2) is 18.2 Å². The Hall–Kier alpha value is -1.11. The van der Waals surface area contributed by atoms with E-state index >= 15 is 0 Å². The molecular formula is C20H36BFN2O2. The van der Waals surface area contributed by atoms with E-state index in [1.54, 1.807) is 0 Å². The van der Waals surface area contributed by atoms with Crippen molar-refractivity contribution in [3.63, 3.8) is 0 Å². The van der Waals surface area contributed by atoms with Crippen LogP contribution >= 0.6 is 0 Å². The van der Waals surface area contributed by atoms with Gasteiger partial charge < -0.3 is 19.5 Å². The summed E-state index contributed by atoms with van der Waals surface area (Å²) in [6.07, 6.45) is 2.57. The minimum absolute atomic E-state index is 0. The van der Waals surface area contributed by atoms with Crippen LogP contribution in [0, 0.1) is 5.82 Å². The smallest absolute Gasteiger partial charge is 0.399 e. The second-order valence-corrected chi connectivity index (χ2v) is 7.84. The summed E-state index contributed by atoms with van der Waals surface area (Å²) in [7, 11) is -0.537. The van der Waals surface area contributed by atoms with Crippen LogP contribution < -0.4 is 10.8 Å². The summed E-state index contributed by atoms with van der Waals surface area (Å²) in [4.78, 5) is 2.43. The average molecular weight is 366 g/mol. The molecule has 2 aliphatic rings. The molecule has 3 rings (SSSR count). The maximum Gasteiger partial charge on any atom is 0.495 e. The highest BCUT2D eigenvalue weighted by molar-refractivity contribution is 6.62. The first-order valence-electron chi connectivity index (χ1n) is 9.89. The summed E-state index contributed by atoms with van der Waals surface area (Å²) >= 11 is 0. The van der Waals surface area contributed by atoms with Crippen molar-refractivity contribution in [2.45, 2.75) is 65.6 Å². The van der Waals surface area contributed by atoms with Gasteiger partial charge in [0.1, 0.15) is 5.82 Å². The third-order valence-corrected chi connectivity index (χ3v) is 5.40. The third kappa shape index (κ3) is 4.99. The number of anilines is 1. The molecule has 1 aromatic rings. The molecule has 0 spiro atoms. The van der Waals surface area contributed by atoms with E-state index in [9.17, 15) is 4.39 Å². The van der Waals surface area contributed by atoms with Crippen LogP contribution in [-0.2, 0) is 9.31 Å². The van der Waals surface area contributed by atoms with Gasteiger partial charge in [-0.3, -0.25) is 0 Å². The predicted octanol–water partition coefficient (Wildman–Crippen LogP) is 3.90. The third-order valence-electron chi connectivity index (χ3n) is 5.40. The van der Waals surface area contributed by atoms with Crippen LogP contribution in [-0.4, -0.2) is 49.4 Å². The Morgan fingerprint density at radius 3 is 2.23 bits per heavy atom. The second-order valence-electron chi connectivity index (χ2n) is 7.84. The van der Waals surface area contributed by atoms with Crippen molar-refractivity contribution in [1.29, 1.82) is 0 Å². The predicted molar refractivity (Wildman–Crippen MR) is 110 cm³/mol. The molecular weight excluding hydrogens is 330 g/mol. The van der Waals surface area contributed by atoms with Gasteiger partial charge in [0.15, 0.2) is 0 Å². The fourth-order valence-corrected chi connectivity index (χ4v) is 3.19. The lowest BCUT2D eigenvalue weighted by Gasteiger charge is -2.32. The summed E-state index contributed by atoms with van der Waals surface area (Å²) < 4.78 is 26.1. The Morgan fingerprint density at radius 1 is 1.08 bits per heavy atom. The molecule has 0 radical (unpaired) electrons. The normalized spacial score (nSPS) is 21.4. The van der Waals surface area contributed by atoms with Gasteiger partial charge in [0, 0.05) is 20.2 Å². The van der Waals surface area contributed by atoms with Crippen molar-refractivity contribution in [2.24, 2.45) is 0 Å². The van der Waals surface area contributed by atoms with E-state index in [1.807, 2.05) is 47.6 Å². The fraction of sp³-hybridized carbons (Fsp3) is 0.700. The molecule has 148 valence electrons. The van der Waals surface area contributed by atoms with E-state index in [4.69, 9.17) is 9.31 Å². The SMILES string of the molecule is CC.CC1(C)OB(c2cc(F)cc(NCCN3CCCC3)c2)OC1(C)C.[HH]. The number of rotatable bonds is 5. The Kier molecular flexibility index (Phi) is 7.11. The first kappa shape index (κ1) is 21.2. The van der Waals surface area contributed by atoms with Gasteiger partial charge in [-0.15, -0.1) is 0 Å². The van der Waals surface area contributed by atoms with Gasteiger partial charge >= 0.3 is 7.12 Å². The van der Waals surface area contributed by atoms with Gasteiger partial charge in [-0.25, -0.2) is 4.39 Å². The first-order valence-corrected chi connectivity index (χ1v) is 9.89. The molecule has 0 aromatic heterocycles. The van der Waals surface area contributed by atoms with E-state index in [0.29, 0.717) is 0 Å². The average Bonchev–Trinajstić information content (AvgIpc) is 3.15. The van der Waals surface area contributed by atoms with E-state index < -0.39 is 18.3 Å². The molecule has 6 heteroatoms. The summed E-state index contributed by atoms with van der Waals surface area (Å²) in [5.74, 6) is -0.272. The molecule has 1 N–H and O–H groups in total. The molecule has 0 atom stereocenters. The highest BCUT2D eigenvalue weighted by atomic mass is 19.1. The molecule has 2 saturated heterocycles.